The van der Waals surface area contributed by atoms with E-state index < -0.39 is 17.7 Å². The van der Waals surface area contributed by atoms with Gasteiger partial charge in [-0.3, -0.25) is 4.79 Å². The van der Waals surface area contributed by atoms with Gasteiger partial charge in [-0.15, -0.1) is 0 Å². The minimum absolute atomic E-state index is 0.0742. The third kappa shape index (κ3) is 7.89. The molecule has 4 atom stereocenters. The second kappa shape index (κ2) is 15.1. The van der Waals surface area contributed by atoms with Crippen LogP contribution in [0.4, 0.5) is 14.6 Å². The van der Waals surface area contributed by atoms with Gasteiger partial charge in [-0.2, -0.15) is 0 Å². The number of anilines is 1. The smallest absolute Gasteiger partial charge is 0.242 e. The van der Waals surface area contributed by atoms with Crippen molar-refractivity contribution < 1.29 is 18.3 Å². The molecular weight excluding hydrogens is 584 g/mol. The number of rotatable bonds is 13. The summed E-state index contributed by atoms with van der Waals surface area (Å²) in [6.45, 7) is 3.34. The van der Waals surface area contributed by atoms with Gasteiger partial charge in [0.25, 0.3) is 0 Å². The van der Waals surface area contributed by atoms with E-state index in [1.165, 1.54) is 11.6 Å². The van der Waals surface area contributed by atoms with Crippen LogP contribution >= 0.6 is 0 Å². The van der Waals surface area contributed by atoms with Crippen LogP contribution in [0.2, 0.25) is 0 Å². The summed E-state index contributed by atoms with van der Waals surface area (Å²) in [4.78, 5) is 17.9. The number of nitrogens with one attached hydrogen (secondary N) is 3. The van der Waals surface area contributed by atoms with Gasteiger partial charge in [0.1, 0.15) is 18.0 Å². The number of fused-ring (bicyclic) bond motifs is 1. The lowest BCUT2D eigenvalue weighted by Crippen LogP contribution is -2.48. The zero-order valence-electron chi connectivity index (χ0n) is 26.4. The van der Waals surface area contributed by atoms with Crippen LogP contribution in [-0.2, 0) is 35.5 Å². The average Bonchev–Trinajstić information content (AvgIpc) is 3.73. The second-order valence-corrected chi connectivity index (χ2v) is 12.5. The number of aryl methyl sites for hydroxylation is 1. The van der Waals surface area contributed by atoms with E-state index in [1.807, 2.05) is 48.0 Å². The standard InChI is InChI=1S/C37H43F2N5O2/c1-2-9-33(42-29-17-16-26-18-28(38)19-31(39)30(26)20-29)37(45)43-36-22-44(24-41-36)34-14-7-6-12-27(34)21-40-32-13-8-15-35(32)46-23-25-10-4-3-5-11-25/h3-7,10-12,14,18-19,22,24,29,32-33,35,40,42H,2,8-9,13,15-17,20-21,23H2,1H3,(H,43,45)/t29-,32+,33+,35+/m0/s1. The number of hydrogen-bond acceptors (Lipinski definition) is 5. The summed E-state index contributed by atoms with van der Waals surface area (Å²) in [5, 5.41) is 10.2. The molecule has 0 radical (unpaired) electrons. The van der Waals surface area contributed by atoms with Gasteiger partial charge in [-0.05, 0) is 79.3 Å². The van der Waals surface area contributed by atoms with Crippen molar-refractivity contribution >= 4 is 11.7 Å². The number of nitrogens with zero attached hydrogens (tertiary/aromatic N) is 2. The highest BCUT2D eigenvalue weighted by Gasteiger charge is 2.29. The molecule has 6 rings (SSSR count). The molecule has 3 N–H and O–H groups in total. The highest BCUT2D eigenvalue weighted by Crippen LogP contribution is 2.27. The highest BCUT2D eigenvalue weighted by atomic mass is 19.1. The third-order valence-corrected chi connectivity index (χ3v) is 9.21. The SMILES string of the molecule is CCC[C@@H](N[C@H]1CCc2cc(F)cc(F)c2C1)C(=O)Nc1cn(-c2ccccc2CN[C@@H]2CCC[C@H]2OCc2ccccc2)cn1. The van der Waals surface area contributed by atoms with Crippen molar-refractivity contribution in [1.82, 2.24) is 20.2 Å². The van der Waals surface area contributed by atoms with E-state index in [0.29, 0.717) is 55.8 Å². The van der Waals surface area contributed by atoms with E-state index in [4.69, 9.17) is 4.74 Å². The molecule has 2 aliphatic rings. The molecule has 46 heavy (non-hydrogen) atoms. The summed E-state index contributed by atoms with van der Waals surface area (Å²) in [6.07, 6.45) is 10.2. The molecule has 9 heteroatoms. The summed E-state index contributed by atoms with van der Waals surface area (Å²) in [5.41, 5.74) is 4.56. The number of carbonyl (C=O) groups is 1. The first-order chi connectivity index (χ1) is 22.5. The number of para-hydroxylation sites is 1. The molecule has 0 saturated heterocycles. The van der Waals surface area contributed by atoms with E-state index in [9.17, 15) is 13.6 Å². The first-order valence-electron chi connectivity index (χ1n) is 16.5. The minimum Gasteiger partial charge on any atom is -0.372 e. The summed E-state index contributed by atoms with van der Waals surface area (Å²) in [5.74, 6) is -0.763. The van der Waals surface area contributed by atoms with Crippen molar-refractivity contribution in [3.63, 3.8) is 0 Å². The van der Waals surface area contributed by atoms with Crippen LogP contribution in [0.5, 0.6) is 0 Å². The van der Waals surface area contributed by atoms with Crippen LogP contribution in [0.3, 0.4) is 0 Å². The summed E-state index contributed by atoms with van der Waals surface area (Å²) in [7, 11) is 0. The average molecular weight is 628 g/mol. The Labute approximate surface area is 269 Å². The van der Waals surface area contributed by atoms with Crippen molar-refractivity contribution in [3.8, 4) is 5.69 Å². The molecule has 1 heterocycles. The van der Waals surface area contributed by atoms with Crippen LogP contribution in [-0.4, -0.2) is 39.7 Å². The predicted molar refractivity (Wildman–Crippen MR) is 176 cm³/mol. The predicted octanol–water partition coefficient (Wildman–Crippen LogP) is 6.63. The lowest BCUT2D eigenvalue weighted by atomic mass is 9.87. The van der Waals surface area contributed by atoms with Crippen molar-refractivity contribution in [2.45, 2.75) is 95.7 Å². The molecule has 1 fully saturated rings. The van der Waals surface area contributed by atoms with Crippen LogP contribution in [0.25, 0.3) is 5.69 Å². The molecule has 2 aliphatic carbocycles. The van der Waals surface area contributed by atoms with E-state index in [1.54, 1.807) is 6.33 Å². The topological polar surface area (TPSA) is 80.2 Å². The van der Waals surface area contributed by atoms with E-state index in [-0.39, 0.29) is 24.1 Å². The molecule has 1 aromatic heterocycles. The van der Waals surface area contributed by atoms with Gasteiger partial charge in [-0.25, -0.2) is 13.8 Å². The number of carbonyl (C=O) groups excluding carboxylic acids is 1. The molecule has 0 bridgehead atoms. The number of ether oxygens (including phenoxy) is 1. The Bertz CT molecular complexity index is 1610. The summed E-state index contributed by atoms with van der Waals surface area (Å²) < 4.78 is 36.4. The van der Waals surface area contributed by atoms with Gasteiger partial charge >= 0.3 is 0 Å². The number of imidazole rings is 1. The molecule has 0 unspecified atom stereocenters. The molecule has 0 spiro atoms. The third-order valence-electron chi connectivity index (χ3n) is 9.21. The maximum atomic E-state index is 14.5. The molecule has 242 valence electrons. The Balaban J connectivity index is 1.06. The number of aromatic nitrogens is 2. The van der Waals surface area contributed by atoms with Gasteiger partial charge < -0.3 is 25.3 Å². The lowest BCUT2D eigenvalue weighted by Gasteiger charge is -2.29. The maximum absolute atomic E-state index is 14.5. The van der Waals surface area contributed by atoms with Crippen molar-refractivity contribution in [2.75, 3.05) is 5.32 Å². The van der Waals surface area contributed by atoms with E-state index >= 15 is 0 Å². The monoisotopic (exact) mass is 627 g/mol. The molecule has 4 aromatic rings. The Kier molecular flexibility index (Phi) is 10.5. The first-order valence-corrected chi connectivity index (χ1v) is 16.5. The molecular formula is C37H43F2N5O2. The van der Waals surface area contributed by atoms with Crippen LogP contribution in [0, 0.1) is 11.6 Å². The first kappa shape index (κ1) is 32.0. The largest absolute Gasteiger partial charge is 0.372 e. The fraction of sp³-hybridized carbons (Fsp3) is 0.405. The highest BCUT2D eigenvalue weighted by molar-refractivity contribution is 5.94. The number of halogens is 2. The zero-order chi connectivity index (χ0) is 31.9. The Morgan fingerprint density at radius 2 is 1.89 bits per heavy atom. The minimum atomic E-state index is -0.546. The zero-order valence-corrected chi connectivity index (χ0v) is 26.4. The molecule has 3 aromatic carbocycles. The van der Waals surface area contributed by atoms with Crippen molar-refractivity contribution in [2.24, 2.45) is 0 Å². The molecule has 1 amide bonds. The fourth-order valence-electron chi connectivity index (χ4n) is 6.81. The Morgan fingerprint density at radius 1 is 1.07 bits per heavy atom. The molecule has 1 saturated carbocycles. The maximum Gasteiger partial charge on any atom is 0.242 e. The van der Waals surface area contributed by atoms with Gasteiger partial charge in [-0.1, -0.05) is 61.9 Å². The molecule has 0 aliphatic heterocycles. The second-order valence-electron chi connectivity index (χ2n) is 12.5. The van der Waals surface area contributed by atoms with Gasteiger partial charge in [0, 0.05) is 24.7 Å². The normalized spacial score (nSPS) is 19.9. The van der Waals surface area contributed by atoms with Gasteiger partial charge in [0.2, 0.25) is 5.91 Å². The number of amides is 1. The Morgan fingerprint density at radius 3 is 2.74 bits per heavy atom. The van der Waals surface area contributed by atoms with Crippen molar-refractivity contribution in [3.05, 3.63) is 113 Å². The van der Waals surface area contributed by atoms with Crippen LogP contribution in [0.15, 0.2) is 79.3 Å². The lowest BCUT2D eigenvalue weighted by molar-refractivity contribution is -0.118. The molecule has 7 nitrogen and oxygen atoms in total. The van der Waals surface area contributed by atoms with E-state index in [0.717, 1.165) is 43.0 Å². The number of hydrogen-bond donors (Lipinski definition) is 3. The quantitative estimate of drug-likeness (QED) is 0.155. The van der Waals surface area contributed by atoms with Crippen LogP contribution in [0.1, 0.15) is 67.7 Å². The van der Waals surface area contributed by atoms with Crippen LogP contribution < -0.4 is 16.0 Å². The van der Waals surface area contributed by atoms with E-state index in [2.05, 4.69) is 45.2 Å². The summed E-state index contributed by atoms with van der Waals surface area (Å²) >= 11 is 0. The number of benzene rings is 3. The summed E-state index contributed by atoms with van der Waals surface area (Å²) in [6, 6.07) is 20.6. The van der Waals surface area contributed by atoms with Crippen molar-refractivity contribution in [1.29, 1.82) is 0 Å². The van der Waals surface area contributed by atoms with Gasteiger partial charge in [0.05, 0.1) is 30.6 Å². The Hall–Kier alpha value is -3.92. The van der Waals surface area contributed by atoms with Gasteiger partial charge in [0.15, 0.2) is 5.82 Å². The fourth-order valence-corrected chi connectivity index (χ4v) is 6.81.